The fourth-order valence-corrected chi connectivity index (χ4v) is 2.39. The van der Waals surface area contributed by atoms with Crippen LogP contribution >= 0.6 is 0 Å². The first-order valence-corrected chi connectivity index (χ1v) is 10.0. The van der Waals surface area contributed by atoms with E-state index in [9.17, 15) is 14.4 Å². The lowest BCUT2D eigenvalue weighted by Crippen LogP contribution is -2.32. The van der Waals surface area contributed by atoms with Crippen molar-refractivity contribution < 1.29 is 19.1 Å². The van der Waals surface area contributed by atoms with Crippen LogP contribution in [0.25, 0.3) is 0 Å². The van der Waals surface area contributed by atoms with Gasteiger partial charge < -0.3 is 15.4 Å². The first-order valence-electron chi connectivity index (χ1n) is 10.0. The van der Waals surface area contributed by atoms with Crippen molar-refractivity contribution in [3.05, 3.63) is 65.7 Å². The molecule has 0 fully saturated rings. The maximum Gasteiger partial charge on any atom is 0.258 e. The molecule has 0 spiro atoms. The third-order valence-electron chi connectivity index (χ3n) is 4.01. The maximum atomic E-state index is 11.9. The maximum absolute atomic E-state index is 11.9. The minimum Gasteiger partial charge on any atom is -0.484 e. The van der Waals surface area contributed by atoms with E-state index in [4.69, 9.17) is 4.74 Å². The van der Waals surface area contributed by atoms with Crippen LogP contribution < -0.4 is 20.8 Å². The molecule has 31 heavy (non-hydrogen) atoms. The van der Waals surface area contributed by atoms with Crippen molar-refractivity contribution in [1.29, 1.82) is 0 Å². The Morgan fingerprint density at radius 2 is 1.65 bits per heavy atom. The molecule has 0 heterocycles. The molecule has 0 saturated heterocycles. The van der Waals surface area contributed by atoms with Gasteiger partial charge in [-0.25, -0.2) is 5.43 Å². The number of rotatable bonds is 11. The highest BCUT2D eigenvalue weighted by Crippen LogP contribution is 2.11. The molecule has 0 radical (unpaired) electrons. The summed E-state index contributed by atoms with van der Waals surface area (Å²) in [5.74, 6) is -0.178. The number of amides is 3. The number of benzene rings is 2. The molecule has 8 heteroatoms. The van der Waals surface area contributed by atoms with Crippen LogP contribution in [0.5, 0.6) is 5.75 Å². The summed E-state index contributed by atoms with van der Waals surface area (Å²) in [6.07, 6.45) is 1.18. The first-order chi connectivity index (χ1) is 14.9. The smallest absolute Gasteiger partial charge is 0.258 e. The standard InChI is InChI=1S/C23H28N4O4/c1-17(2)13-24-21(28)12-22(29)27-26-15-19-8-10-20(11-9-19)31-16-23(30)25-14-18-6-4-3-5-7-18/h3-11,15,17H,12-14,16H2,1-2H3,(H,24,28)(H,25,30)(H,27,29)/b26-15+. The molecule has 0 bridgehead atoms. The summed E-state index contributed by atoms with van der Waals surface area (Å²) in [5.41, 5.74) is 4.06. The van der Waals surface area contributed by atoms with Crippen molar-refractivity contribution in [2.45, 2.75) is 26.8 Å². The second kappa shape index (κ2) is 12.8. The summed E-state index contributed by atoms with van der Waals surface area (Å²) >= 11 is 0. The molecule has 0 aromatic heterocycles. The zero-order valence-corrected chi connectivity index (χ0v) is 17.8. The van der Waals surface area contributed by atoms with Gasteiger partial charge in [0, 0.05) is 13.1 Å². The highest BCUT2D eigenvalue weighted by atomic mass is 16.5. The molecular weight excluding hydrogens is 396 g/mol. The van der Waals surface area contributed by atoms with Crippen molar-refractivity contribution in [3.8, 4) is 5.75 Å². The Balaban J connectivity index is 1.68. The molecule has 3 amide bonds. The Labute approximate surface area is 182 Å². The molecule has 3 N–H and O–H groups in total. The van der Waals surface area contributed by atoms with Crippen LogP contribution in [-0.4, -0.2) is 37.1 Å². The van der Waals surface area contributed by atoms with Gasteiger partial charge >= 0.3 is 0 Å². The van der Waals surface area contributed by atoms with E-state index in [0.29, 0.717) is 24.8 Å². The van der Waals surface area contributed by atoms with Crippen LogP contribution in [-0.2, 0) is 20.9 Å². The van der Waals surface area contributed by atoms with Gasteiger partial charge in [-0.3, -0.25) is 14.4 Å². The fraction of sp³-hybridized carbons (Fsp3) is 0.304. The molecule has 164 valence electrons. The number of nitrogens with one attached hydrogen (secondary N) is 3. The lowest BCUT2D eigenvalue weighted by Gasteiger charge is -2.08. The lowest BCUT2D eigenvalue weighted by molar-refractivity contribution is -0.129. The first kappa shape index (κ1) is 23.6. The van der Waals surface area contributed by atoms with Crippen LogP contribution in [0.4, 0.5) is 0 Å². The van der Waals surface area contributed by atoms with E-state index in [0.717, 1.165) is 11.1 Å². The second-order valence-electron chi connectivity index (χ2n) is 7.29. The van der Waals surface area contributed by atoms with Crippen molar-refractivity contribution in [1.82, 2.24) is 16.1 Å². The number of hydrogen-bond acceptors (Lipinski definition) is 5. The zero-order chi connectivity index (χ0) is 22.5. The van der Waals surface area contributed by atoms with Crippen LogP contribution in [0.2, 0.25) is 0 Å². The Kier molecular flexibility index (Phi) is 9.74. The molecule has 2 rings (SSSR count). The topological polar surface area (TPSA) is 109 Å². The van der Waals surface area contributed by atoms with Crippen molar-refractivity contribution in [3.63, 3.8) is 0 Å². The van der Waals surface area contributed by atoms with Gasteiger partial charge in [-0.1, -0.05) is 44.2 Å². The van der Waals surface area contributed by atoms with Crippen LogP contribution in [0.1, 0.15) is 31.4 Å². The Morgan fingerprint density at radius 3 is 2.32 bits per heavy atom. The number of carbonyl (C=O) groups is 3. The summed E-state index contributed by atoms with van der Waals surface area (Å²) in [6, 6.07) is 16.5. The molecule has 0 atom stereocenters. The third kappa shape index (κ3) is 10.1. The molecule has 0 saturated carbocycles. The minimum atomic E-state index is -0.487. The second-order valence-corrected chi connectivity index (χ2v) is 7.29. The summed E-state index contributed by atoms with van der Waals surface area (Å²) in [5, 5.41) is 9.30. The van der Waals surface area contributed by atoms with Gasteiger partial charge in [0.1, 0.15) is 12.2 Å². The summed E-state index contributed by atoms with van der Waals surface area (Å²) in [6.45, 7) is 4.83. The van der Waals surface area contributed by atoms with E-state index in [1.54, 1.807) is 24.3 Å². The Morgan fingerprint density at radius 1 is 0.935 bits per heavy atom. The molecule has 2 aromatic carbocycles. The largest absolute Gasteiger partial charge is 0.484 e. The van der Waals surface area contributed by atoms with Crippen LogP contribution in [0.3, 0.4) is 0 Å². The highest BCUT2D eigenvalue weighted by molar-refractivity contribution is 5.97. The lowest BCUT2D eigenvalue weighted by atomic mass is 10.2. The molecular formula is C23H28N4O4. The van der Waals surface area contributed by atoms with E-state index in [1.165, 1.54) is 6.21 Å². The van der Waals surface area contributed by atoms with Gasteiger partial charge in [0.2, 0.25) is 11.8 Å². The number of nitrogens with zero attached hydrogens (tertiary/aromatic N) is 1. The number of hydrazone groups is 1. The van der Waals surface area contributed by atoms with Gasteiger partial charge in [0.15, 0.2) is 6.61 Å². The van der Waals surface area contributed by atoms with E-state index in [2.05, 4.69) is 21.2 Å². The quantitative estimate of drug-likeness (QED) is 0.291. The van der Waals surface area contributed by atoms with Crippen molar-refractivity contribution in [2.24, 2.45) is 11.0 Å². The number of ether oxygens (including phenoxy) is 1. The van der Waals surface area contributed by atoms with Crippen molar-refractivity contribution in [2.75, 3.05) is 13.2 Å². The molecule has 0 unspecified atom stereocenters. The van der Waals surface area contributed by atoms with Crippen LogP contribution in [0, 0.1) is 5.92 Å². The average molecular weight is 425 g/mol. The Bertz CT molecular complexity index is 880. The summed E-state index contributed by atoms with van der Waals surface area (Å²) in [4.78, 5) is 35.2. The van der Waals surface area contributed by atoms with Gasteiger partial charge in [0.25, 0.3) is 5.91 Å². The summed E-state index contributed by atoms with van der Waals surface area (Å²) < 4.78 is 5.47. The van der Waals surface area contributed by atoms with E-state index in [1.807, 2.05) is 44.2 Å². The number of carbonyl (C=O) groups excluding carboxylic acids is 3. The predicted octanol–water partition coefficient (Wildman–Crippen LogP) is 1.99. The van der Waals surface area contributed by atoms with E-state index in [-0.39, 0.29) is 24.8 Å². The zero-order valence-electron chi connectivity index (χ0n) is 17.8. The van der Waals surface area contributed by atoms with Gasteiger partial charge in [-0.2, -0.15) is 5.10 Å². The minimum absolute atomic E-state index is 0.0881. The SMILES string of the molecule is CC(C)CNC(=O)CC(=O)N/N=C/c1ccc(OCC(=O)NCc2ccccc2)cc1. The average Bonchev–Trinajstić information content (AvgIpc) is 2.76. The molecule has 0 aliphatic heterocycles. The van der Waals surface area contributed by atoms with Gasteiger partial charge in [0.05, 0.1) is 6.21 Å². The third-order valence-corrected chi connectivity index (χ3v) is 4.01. The fourth-order valence-electron chi connectivity index (χ4n) is 2.39. The molecule has 0 aliphatic rings. The Hall–Kier alpha value is -3.68. The molecule has 8 nitrogen and oxygen atoms in total. The molecule has 0 aliphatic carbocycles. The normalized spacial score (nSPS) is 10.7. The predicted molar refractivity (Wildman–Crippen MR) is 118 cm³/mol. The van der Waals surface area contributed by atoms with Gasteiger partial charge in [-0.15, -0.1) is 0 Å². The monoisotopic (exact) mass is 424 g/mol. The number of hydrogen-bond donors (Lipinski definition) is 3. The van der Waals surface area contributed by atoms with Crippen LogP contribution in [0.15, 0.2) is 59.7 Å². The highest BCUT2D eigenvalue weighted by Gasteiger charge is 2.08. The van der Waals surface area contributed by atoms with Crippen molar-refractivity contribution >= 4 is 23.9 Å². The van der Waals surface area contributed by atoms with E-state index < -0.39 is 5.91 Å². The van der Waals surface area contributed by atoms with E-state index >= 15 is 0 Å². The molecule has 2 aromatic rings. The summed E-state index contributed by atoms with van der Waals surface area (Å²) in [7, 11) is 0. The van der Waals surface area contributed by atoms with Gasteiger partial charge in [-0.05, 0) is 41.3 Å².